The molecule has 0 heterocycles. The van der Waals surface area contributed by atoms with Gasteiger partial charge in [0, 0.05) is 22.8 Å². The number of carbonyl (C=O) groups excluding carboxylic acids is 1. The molecule has 0 saturated heterocycles. The number of hydrogen-bond acceptors (Lipinski definition) is 3. The maximum Gasteiger partial charge on any atom is 0.387 e. The zero-order valence-corrected chi connectivity index (χ0v) is 13.4. The van der Waals surface area contributed by atoms with Crippen molar-refractivity contribution in [2.45, 2.75) is 24.9 Å². The van der Waals surface area contributed by atoms with Crippen molar-refractivity contribution in [2.24, 2.45) is 0 Å². The summed E-state index contributed by atoms with van der Waals surface area (Å²) in [7, 11) is 0. The van der Waals surface area contributed by atoms with Crippen molar-refractivity contribution in [3.05, 3.63) is 54.1 Å². The summed E-state index contributed by atoms with van der Waals surface area (Å²) < 4.78 is 28.3. The van der Waals surface area contributed by atoms with Gasteiger partial charge in [-0.15, -0.1) is 11.8 Å². The molecular formula is C17H17F2NO2S. The van der Waals surface area contributed by atoms with E-state index in [1.165, 1.54) is 29.8 Å². The largest absolute Gasteiger partial charge is 0.435 e. The number of amides is 1. The Bertz CT molecular complexity index is 630. The zero-order valence-electron chi connectivity index (χ0n) is 12.6. The SMILES string of the molecule is Cc1ccc(SCCC(=O)Nc2ccc(OC(F)F)cc2)cc1. The highest BCUT2D eigenvalue weighted by Gasteiger charge is 2.06. The molecule has 0 radical (unpaired) electrons. The number of alkyl halides is 2. The summed E-state index contributed by atoms with van der Waals surface area (Å²) in [4.78, 5) is 13.0. The number of anilines is 1. The number of carbonyl (C=O) groups is 1. The smallest absolute Gasteiger partial charge is 0.387 e. The van der Waals surface area contributed by atoms with E-state index in [4.69, 9.17) is 0 Å². The first-order valence-corrected chi connectivity index (χ1v) is 8.06. The van der Waals surface area contributed by atoms with E-state index in [-0.39, 0.29) is 11.7 Å². The highest BCUT2D eigenvalue weighted by molar-refractivity contribution is 7.99. The van der Waals surface area contributed by atoms with Crippen LogP contribution >= 0.6 is 11.8 Å². The Balaban J connectivity index is 1.75. The minimum atomic E-state index is -2.85. The van der Waals surface area contributed by atoms with Gasteiger partial charge in [0.15, 0.2) is 0 Å². The van der Waals surface area contributed by atoms with E-state index < -0.39 is 6.61 Å². The van der Waals surface area contributed by atoms with Gasteiger partial charge < -0.3 is 10.1 Å². The topological polar surface area (TPSA) is 38.3 Å². The first kappa shape index (κ1) is 17.3. The summed E-state index contributed by atoms with van der Waals surface area (Å²) >= 11 is 1.61. The molecule has 1 amide bonds. The second-order valence-electron chi connectivity index (χ2n) is 4.86. The average Bonchev–Trinajstić information content (AvgIpc) is 2.51. The summed E-state index contributed by atoms with van der Waals surface area (Å²) in [6.45, 7) is -0.825. The molecule has 0 saturated carbocycles. The molecule has 0 aliphatic carbocycles. The van der Waals surface area contributed by atoms with Gasteiger partial charge in [-0.3, -0.25) is 4.79 Å². The lowest BCUT2D eigenvalue weighted by atomic mass is 10.2. The van der Waals surface area contributed by atoms with Crippen molar-refractivity contribution in [3.63, 3.8) is 0 Å². The fourth-order valence-electron chi connectivity index (χ4n) is 1.84. The van der Waals surface area contributed by atoms with E-state index >= 15 is 0 Å². The summed E-state index contributed by atoms with van der Waals surface area (Å²) in [6.07, 6.45) is 0.369. The van der Waals surface area contributed by atoms with Crippen molar-refractivity contribution in [1.82, 2.24) is 0 Å². The van der Waals surface area contributed by atoms with Gasteiger partial charge in [-0.05, 0) is 43.3 Å². The fraction of sp³-hybridized carbons (Fsp3) is 0.235. The zero-order chi connectivity index (χ0) is 16.7. The maximum absolute atomic E-state index is 12.0. The molecule has 0 atom stereocenters. The van der Waals surface area contributed by atoms with Crippen LogP contribution in [0.15, 0.2) is 53.4 Å². The molecule has 1 N–H and O–H groups in total. The van der Waals surface area contributed by atoms with Crippen LogP contribution in [0.4, 0.5) is 14.5 Å². The Morgan fingerprint density at radius 3 is 2.39 bits per heavy atom. The lowest BCUT2D eigenvalue weighted by molar-refractivity contribution is -0.115. The van der Waals surface area contributed by atoms with E-state index in [1.807, 2.05) is 31.2 Å². The van der Waals surface area contributed by atoms with Gasteiger partial charge in [-0.25, -0.2) is 0 Å². The molecule has 0 aliphatic heterocycles. The molecule has 6 heteroatoms. The van der Waals surface area contributed by atoms with E-state index in [9.17, 15) is 13.6 Å². The second kappa shape index (κ2) is 8.53. The van der Waals surface area contributed by atoms with Gasteiger partial charge in [0.25, 0.3) is 0 Å². The normalized spacial score (nSPS) is 10.6. The van der Waals surface area contributed by atoms with Gasteiger partial charge >= 0.3 is 6.61 Å². The third-order valence-corrected chi connectivity index (χ3v) is 4.00. The third kappa shape index (κ3) is 6.28. The molecule has 0 unspecified atom stereocenters. The van der Waals surface area contributed by atoms with Crippen LogP contribution in [0.1, 0.15) is 12.0 Å². The number of ether oxygens (including phenoxy) is 1. The number of benzene rings is 2. The van der Waals surface area contributed by atoms with Gasteiger partial charge in [0.2, 0.25) is 5.91 Å². The minimum Gasteiger partial charge on any atom is -0.435 e. The van der Waals surface area contributed by atoms with Gasteiger partial charge in [0.1, 0.15) is 5.75 Å². The van der Waals surface area contributed by atoms with Crippen LogP contribution < -0.4 is 10.1 Å². The molecule has 0 fully saturated rings. The molecule has 3 nitrogen and oxygen atoms in total. The van der Waals surface area contributed by atoms with Crippen LogP contribution in [-0.4, -0.2) is 18.3 Å². The van der Waals surface area contributed by atoms with Gasteiger partial charge in [0.05, 0.1) is 0 Å². The molecule has 122 valence electrons. The predicted molar refractivity (Wildman–Crippen MR) is 88.2 cm³/mol. The Labute approximate surface area is 138 Å². The van der Waals surface area contributed by atoms with Crippen LogP contribution in [0.25, 0.3) is 0 Å². The summed E-state index contributed by atoms with van der Waals surface area (Å²) in [5.41, 5.74) is 1.75. The van der Waals surface area contributed by atoms with Crippen LogP contribution in [0.5, 0.6) is 5.75 Å². The van der Waals surface area contributed by atoms with Crippen molar-refractivity contribution in [3.8, 4) is 5.75 Å². The number of halogens is 2. The predicted octanol–water partition coefficient (Wildman–Crippen LogP) is 4.72. The molecule has 0 bridgehead atoms. The Morgan fingerprint density at radius 2 is 1.78 bits per heavy atom. The quantitative estimate of drug-likeness (QED) is 0.743. The molecule has 2 aromatic rings. The van der Waals surface area contributed by atoms with E-state index in [0.717, 1.165) is 4.90 Å². The second-order valence-corrected chi connectivity index (χ2v) is 6.03. The molecule has 2 rings (SSSR count). The molecule has 2 aromatic carbocycles. The molecule has 23 heavy (non-hydrogen) atoms. The van der Waals surface area contributed by atoms with Crippen molar-refractivity contribution in [2.75, 3.05) is 11.1 Å². The molecule has 0 aliphatic rings. The monoisotopic (exact) mass is 337 g/mol. The van der Waals surface area contributed by atoms with Crippen molar-refractivity contribution >= 4 is 23.4 Å². The van der Waals surface area contributed by atoms with Crippen LogP contribution in [0.3, 0.4) is 0 Å². The number of thioether (sulfide) groups is 1. The third-order valence-electron chi connectivity index (χ3n) is 2.98. The highest BCUT2D eigenvalue weighted by Crippen LogP contribution is 2.20. The Morgan fingerprint density at radius 1 is 1.13 bits per heavy atom. The number of rotatable bonds is 7. The lowest BCUT2D eigenvalue weighted by Crippen LogP contribution is -2.12. The fourth-order valence-corrected chi connectivity index (χ4v) is 2.69. The number of aryl methyl sites for hydroxylation is 1. The summed E-state index contributed by atoms with van der Waals surface area (Å²) in [6, 6.07) is 14.0. The maximum atomic E-state index is 12.0. The Kier molecular flexibility index (Phi) is 6.40. The first-order chi connectivity index (χ1) is 11.0. The van der Waals surface area contributed by atoms with Crippen LogP contribution in [0, 0.1) is 6.92 Å². The number of nitrogens with one attached hydrogen (secondary N) is 1. The van der Waals surface area contributed by atoms with Crippen molar-refractivity contribution in [1.29, 1.82) is 0 Å². The molecule has 0 aromatic heterocycles. The van der Waals surface area contributed by atoms with E-state index in [0.29, 0.717) is 17.9 Å². The van der Waals surface area contributed by atoms with E-state index in [1.54, 1.807) is 11.8 Å². The minimum absolute atomic E-state index is 0.0629. The molecular weight excluding hydrogens is 320 g/mol. The van der Waals surface area contributed by atoms with Crippen LogP contribution in [-0.2, 0) is 4.79 Å². The number of hydrogen-bond donors (Lipinski definition) is 1. The van der Waals surface area contributed by atoms with Gasteiger partial charge in [-0.1, -0.05) is 17.7 Å². The highest BCUT2D eigenvalue weighted by atomic mass is 32.2. The standard InChI is InChI=1S/C17H17F2NO2S/c1-12-2-8-15(9-3-12)23-11-10-16(21)20-13-4-6-14(7-5-13)22-17(18)19/h2-9,17H,10-11H2,1H3,(H,20,21). The van der Waals surface area contributed by atoms with Gasteiger partial charge in [-0.2, -0.15) is 8.78 Å². The average molecular weight is 337 g/mol. The molecule has 0 spiro atoms. The van der Waals surface area contributed by atoms with Crippen molar-refractivity contribution < 1.29 is 18.3 Å². The summed E-state index contributed by atoms with van der Waals surface area (Å²) in [5, 5.41) is 2.72. The summed E-state index contributed by atoms with van der Waals surface area (Å²) in [5.74, 6) is 0.613. The lowest BCUT2D eigenvalue weighted by Gasteiger charge is -2.07. The first-order valence-electron chi connectivity index (χ1n) is 7.07. The van der Waals surface area contributed by atoms with Crippen LogP contribution in [0.2, 0.25) is 0 Å². The Hall–Kier alpha value is -2.08. The van der Waals surface area contributed by atoms with E-state index in [2.05, 4.69) is 10.1 Å².